The van der Waals surface area contributed by atoms with Crippen molar-refractivity contribution < 1.29 is 14.3 Å². The number of hydrogen-bond donors (Lipinski definition) is 3. The Morgan fingerprint density at radius 3 is 2.09 bits per heavy atom. The minimum absolute atomic E-state index is 0.0134. The number of amidine groups is 1. The van der Waals surface area contributed by atoms with Crippen LogP contribution >= 0.6 is 0 Å². The van der Waals surface area contributed by atoms with Gasteiger partial charge in [0.25, 0.3) is 6.02 Å². The smallest absolute Gasteiger partial charge is 0.282 e. The van der Waals surface area contributed by atoms with Gasteiger partial charge in [-0.25, -0.2) is 15.0 Å². The maximum absolute atomic E-state index is 13.5. The summed E-state index contributed by atoms with van der Waals surface area (Å²) < 4.78 is 5.02. The number of rotatable bonds is 9. The fourth-order valence-corrected chi connectivity index (χ4v) is 8.09. The van der Waals surface area contributed by atoms with Gasteiger partial charge < -0.3 is 30.1 Å². The van der Waals surface area contributed by atoms with Crippen molar-refractivity contribution in [1.82, 2.24) is 24.8 Å². The summed E-state index contributed by atoms with van der Waals surface area (Å²) >= 11 is 0. The number of likely N-dealkylation sites (tertiary alicyclic amines) is 1. The number of imidazole rings is 2. The van der Waals surface area contributed by atoms with Crippen LogP contribution in [0.3, 0.4) is 0 Å². The number of fused-ring (bicyclic) bond motifs is 2. The van der Waals surface area contributed by atoms with Gasteiger partial charge in [-0.3, -0.25) is 4.79 Å². The lowest BCUT2D eigenvalue weighted by molar-refractivity contribution is -0.134. The molecular weight excluding hydrogens is 590 g/mol. The van der Waals surface area contributed by atoms with E-state index in [1.165, 1.54) is 20.0 Å². The molecule has 47 heavy (non-hydrogen) atoms. The number of aromatic amines is 2. The van der Waals surface area contributed by atoms with Crippen molar-refractivity contribution in [2.24, 2.45) is 34.4 Å². The summed E-state index contributed by atoms with van der Waals surface area (Å²) in [5.74, 6) is 3.07. The van der Waals surface area contributed by atoms with E-state index in [2.05, 4.69) is 63.5 Å². The maximum atomic E-state index is 13.5. The van der Waals surface area contributed by atoms with Crippen LogP contribution in [0.25, 0.3) is 33.6 Å². The highest BCUT2D eigenvalue weighted by molar-refractivity contribution is 5.86. The fourth-order valence-electron chi connectivity index (χ4n) is 8.09. The molecule has 3 fully saturated rings. The second-order valence-electron chi connectivity index (χ2n) is 13.6. The standard InChI is InChI=1S/C37H43N7O3/c1-21(2)33(43-37(38)47-3)36(46)44-16-4-5-31(44)34-39-18-29(41-34)24-10-6-22(7-11-24)23-8-12-25(13-9-23)30-19-40-35(42-30)32-27-15-14-26(17-27)28(32)20-45/h6-13,18-21,26-28,31-33H,4-5,14-17H2,1-3H3,(H2,38,43)(H,39,41)(H,40,42)/t26?,27?,28?,31-,32?,33-/m0/s1. The molecule has 10 nitrogen and oxygen atoms in total. The van der Waals surface area contributed by atoms with E-state index in [4.69, 9.17) is 20.4 Å². The van der Waals surface area contributed by atoms with Gasteiger partial charge in [-0.1, -0.05) is 62.4 Å². The number of aldehydes is 1. The SMILES string of the molecule is COC(N)=N[C@H](C(=O)N1CCC[C@H]1c1ncc(-c2ccc(-c3ccc(-c4cnc(C5C6CCC(C6)C5C=O)[nH]4)cc3)cc2)[nH]1)C(C)C. The van der Waals surface area contributed by atoms with Gasteiger partial charge in [0.2, 0.25) is 5.91 Å². The minimum Gasteiger partial charge on any atom is -0.469 e. The Kier molecular flexibility index (Phi) is 8.42. The van der Waals surface area contributed by atoms with Crippen molar-refractivity contribution in [3.63, 3.8) is 0 Å². The van der Waals surface area contributed by atoms with Gasteiger partial charge >= 0.3 is 0 Å². The fraction of sp³-hybridized carbons (Fsp3) is 0.432. The Hall–Kier alpha value is -4.73. The highest BCUT2D eigenvalue weighted by atomic mass is 16.5. The Morgan fingerprint density at radius 2 is 1.49 bits per heavy atom. The number of aliphatic imine (C=N–C) groups is 1. The molecule has 1 aliphatic heterocycles. The van der Waals surface area contributed by atoms with Gasteiger partial charge in [0, 0.05) is 18.4 Å². The van der Waals surface area contributed by atoms with Crippen molar-refractivity contribution in [2.45, 2.75) is 64.0 Å². The van der Waals surface area contributed by atoms with E-state index in [0.29, 0.717) is 18.4 Å². The molecule has 3 aliphatic rings. The largest absolute Gasteiger partial charge is 0.469 e. The number of H-pyrrole nitrogens is 2. The summed E-state index contributed by atoms with van der Waals surface area (Å²) in [7, 11) is 1.45. The molecule has 2 aliphatic carbocycles. The molecule has 6 atom stereocenters. The minimum atomic E-state index is -0.605. The predicted molar refractivity (Wildman–Crippen MR) is 181 cm³/mol. The molecule has 7 rings (SSSR count). The topological polar surface area (TPSA) is 142 Å². The molecule has 2 saturated carbocycles. The van der Waals surface area contributed by atoms with Gasteiger partial charge in [-0.05, 0) is 72.1 Å². The number of nitrogens with one attached hydrogen (secondary N) is 2. The third-order valence-corrected chi connectivity index (χ3v) is 10.6. The Bertz CT molecular complexity index is 1760. The number of carbonyl (C=O) groups excluding carboxylic acids is 2. The van der Waals surface area contributed by atoms with Gasteiger partial charge in [-0.15, -0.1) is 0 Å². The van der Waals surface area contributed by atoms with Gasteiger partial charge in [0.1, 0.15) is 24.0 Å². The summed E-state index contributed by atoms with van der Waals surface area (Å²) in [5, 5.41) is 0. The molecule has 4 aromatic rings. The zero-order chi connectivity index (χ0) is 32.7. The Morgan fingerprint density at radius 1 is 0.915 bits per heavy atom. The maximum Gasteiger partial charge on any atom is 0.282 e. The predicted octanol–water partition coefficient (Wildman–Crippen LogP) is 6.11. The lowest BCUT2D eigenvalue weighted by Crippen LogP contribution is -2.41. The molecule has 4 unspecified atom stereocenters. The average molecular weight is 634 g/mol. The number of methoxy groups -OCH3 is 1. The molecule has 10 heteroatoms. The quantitative estimate of drug-likeness (QED) is 0.115. The second-order valence-corrected chi connectivity index (χ2v) is 13.6. The zero-order valence-electron chi connectivity index (χ0n) is 27.2. The van der Waals surface area contributed by atoms with Crippen LogP contribution in [0.15, 0.2) is 65.9 Å². The summed E-state index contributed by atoms with van der Waals surface area (Å²) in [5.41, 5.74) is 12.0. The molecule has 0 radical (unpaired) electrons. The van der Waals surface area contributed by atoms with Crippen LogP contribution in [-0.2, 0) is 14.3 Å². The normalized spacial score (nSPS) is 24.6. The number of nitrogens with two attached hydrogens (primary N) is 1. The van der Waals surface area contributed by atoms with E-state index in [0.717, 1.165) is 70.8 Å². The third-order valence-electron chi connectivity index (χ3n) is 10.6. The Labute approximate surface area is 275 Å². The van der Waals surface area contributed by atoms with Crippen LogP contribution in [0.5, 0.6) is 0 Å². The summed E-state index contributed by atoms with van der Waals surface area (Å²) in [6.45, 7) is 4.58. The third kappa shape index (κ3) is 5.85. The first kappa shape index (κ1) is 30.9. The van der Waals surface area contributed by atoms with Gasteiger partial charge in [0.05, 0.1) is 36.9 Å². The summed E-state index contributed by atoms with van der Waals surface area (Å²) in [6.07, 6.45) is 10.2. The first-order chi connectivity index (χ1) is 22.8. The molecule has 2 aromatic heterocycles. The van der Waals surface area contributed by atoms with E-state index >= 15 is 0 Å². The molecule has 4 N–H and O–H groups in total. The Balaban J connectivity index is 1.03. The molecule has 2 aromatic carbocycles. The van der Waals surface area contributed by atoms with Gasteiger partial charge in [-0.2, -0.15) is 0 Å². The average Bonchev–Trinajstić information content (AvgIpc) is 3.94. The van der Waals surface area contributed by atoms with Crippen LogP contribution in [0.1, 0.15) is 69.6 Å². The van der Waals surface area contributed by atoms with Crippen molar-refractivity contribution >= 4 is 18.2 Å². The zero-order valence-corrected chi connectivity index (χ0v) is 27.2. The first-order valence-corrected chi connectivity index (χ1v) is 16.8. The number of amides is 1. The number of nitrogens with zero attached hydrogens (tertiary/aromatic N) is 4. The number of carbonyl (C=O) groups is 2. The van der Waals surface area contributed by atoms with E-state index in [-0.39, 0.29) is 35.7 Å². The molecule has 0 spiro atoms. The first-order valence-electron chi connectivity index (χ1n) is 16.8. The van der Waals surface area contributed by atoms with Crippen molar-refractivity contribution in [3.8, 4) is 33.6 Å². The van der Waals surface area contributed by atoms with E-state index in [1.807, 2.05) is 31.1 Å². The van der Waals surface area contributed by atoms with Gasteiger partial charge in [0.15, 0.2) is 0 Å². The summed E-state index contributed by atoms with van der Waals surface area (Å²) in [6, 6.07) is 16.2. The van der Waals surface area contributed by atoms with E-state index in [1.54, 1.807) is 0 Å². The van der Waals surface area contributed by atoms with Crippen LogP contribution in [0.4, 0.5) is 0 Å². The molecule has 3 heterocycles. The molecule has 2 bridgehead atoms. The monoisotopic (exact) mass is 633 g/mol. The lowest BCUT2D eigenvalue weighted by Gasteiger charge is -2.28. The van der Waals surface area contributed by atoms with Crippen LogP contribution in [-0.4, -0.2) is 62.7 Å². The van der Waals surface area contributed by atoms with Crippen molar-refractivity contribution in [1.29, 1.82) is 0 Å². The molecule has 1 saturated heterocycles. The summed E-state index contributed by atoms with van der Waals surface area (Å²) in [4.78, 5) is 48.0. The lowest BCUT2D eigenvalue weighted by atomic mass is 9.80. The molecular formula is C37H43N7O3. The van der Waals surface area contributed by atoms with Crippen LogP contribution in [0, 0.1) is 23.7 Å². The highest BCUT2D eigenvalue weighted by Gasteiger charge is 2.49. The second kappa shape index (κ2) is 12.8. The van der Waals surface area contributed by atoms with Crippen molar-refractivity contribution in [2.75, 3.05) is 13.7 Å². The number of hydrogen-bond acceptors (Lipinski definition) is 6. The van der Waals surface area contributed by atoms with Crippen LogP contribution < -0.4 is 5.73 Å². The van der Waals surface area contributed by atoms with E-state index < -0.39 is 6.04 Å². The number of ether oxygens (including phenoxy) is 1. The number of aromatic nitrogens is 4. The number of benzene rings is 2. The highest BCUT2D eigenvalue weighted by Crippen LogP contribution is 2.55. The van der Waals surface area contributed by atoms with Crippen molar-refractivity contribution in [3.05, 3.63) is 72.6 Å². The molecule has 244 valence electrons. The van der Waals surface area contributed by atoms with Crippen LogP contribution in [0.2, 0.25) is 0 Å². The van der Waals surface area contributed by atoms with E-state index in [9.17, 15) is 9.59 Å². The molecule has 1 amide bonds.